The number of carbonyl (C=O) groups is 1. The van der Waals surface area contributed by atoms with Crippen LogP contribution in [0.1, 0.15) is 41.0 Å². The van der Waals surface area contributed by atoms with E-state index in [2.05, 4.69) is 16.6 Å². The van der Waals surface area contributed by atoms with Crippen molar-refractivity contribution in [3.8, 4) is 0 Å². The molecule has 0 radical (unpaired) electrons. The summed E-state index contributed by atoms with van der Waals surface area (Å²) < 4.78 is 5.27. The van der Waals surface area contributed by atoms with Crippen molar-refractivity contribution in [3.05, 3.63) is 47.3 Å². The minimum absolute atomic E-state index is 0.208. The third kappa shape index (κ3) is 7.13. The number of esters is 1. The van der Waals surface area contributed by atoms with Crippen molar-refractivity contribution in [2.75, 3.05) is 6.26 Å². The average Bonchev–Trinajstić information content (AvgIpc) is 2.60. The van der Waals surface area contributed by atoms with Crippen molar-refractivity contribution in [2.24, 2.45) is 9.98 Å². The van der Waals surface area contributed by atoms with E-state index >= 15 is 0 Å². The van der Waals surface area contributed by atoms with Crippen LogP contribution in [0.4, 0.5) is 0 Å². The smallest absolute Gasteiger partial charge is 0.310 e. The van der Waals surface area contributed by atoms with E-state index in [4.69, 9.17) is 4.74 Å². The number of thioether (sulfide) groups is 1. The molecule has 0 saturated heterocycles. The van der Waals surface area contributed by atoms with E-state index in [9.17, 15) is 4.79 Å². The summed E-state index contributed by atoms with van der Waals surface area (Å²) in [6.07, 6.45) is 9.60. The summed E-state index contributed by atoms with van der Waals surface area (Å²) in [5, 5.41) is 0.907. The predicted molar refractivity (Wildman–Crippen MR) is 105 cm³/mol. The molecule has 1 heterocycles. The molecule has 1 rings (SSSR count). The molecule has 1 aliphatic heterocycles. The fourth-order valence-electron chi connectivity index (χ4n) is 1.82. The van der Waals surface area contributed by atoms with Crippen molar-refractivity contribution in [2.45, 2.75) is 46.6 Å². The normalized spacial score (nSPS) is 16.5. The van der Waals surface area contributed by atoms with E-state index in [0.29, 0.717) is 0 Å². The summed E-state index contributed by atoms with van der Waals surface area (Å²) >= 11 is 1.57. The van der Waals surface area contributed by atoms with E-state index in [-0.39, 0.29) is 12.4 Å². The first-order chi connectivity index (χ1) is 11.1. The second kappa shape index (κ2) is 8.83. The number of hydrogen-bond acceptors (Lipinski definition) is 5. The zero-order valence-electron chi connectivity index (χ0n) is 15.3. The molecule has 4 nitrogen and oxygen atoms in total. The Labute approximate surface area is 149 Å². The Morgan fingerprint density at radius 2 is 2.08 bits per heavy atom. The number of aliphatic imine (C=N–C) groups is 2. The van der Waals surface area contributed by atoms with Gasteiger partial charge in [-0.15, -0.1) is 11.8 Å². The van der Waals surface area contributed by atoms with Gasteiger partial charge in [0.05, 0.1) is 6.42 Å². The Morgan fingerprint density at radius 3 is 2.67 bits per heavy atom. The van der Waals surface area contributed by atoms with Gasteiger partial charge in [0.2, 0.25) is 0 Å². The van der Waals surface area contributed by atoms with Gasteiger partial charge in [0.1, 0.15) is 10.6 Å². The lowest BCUT2D eigenvalue weighted by atomic mass is 10.2. The Hall–Kier alpha value is -1.88. The average molecular weight is 346 g/mol. The van der Waals surface area contributed by atoms with Gasteiger partial charge in [0, 0.05) is 23.2 Å². The van der Waals surface area contributed by atoms with Crippen molar-refractivity contribution < 1.29 is 9.53 Å². The van der Waals surface area contributed by atoms with Crippen LogP contribution in [0.25, 0.3) is 0 Å². The summed E-state index contributed by atoms with van der Waals surface area (Å²) in [7, 11) is 0. The molecule has 24 heavy (non-hydrogen) atoms. The van der Waals surface area contributed by atoms with Crippen molar-refractivity contribution in [1.29, 1.82) is 0 Å². The topological polar surface area (TPSA) is 51.0 Å². The van der Waals surface area contributed by atoms with Crippen LogP contribution < -0.4 is 0 Å². The third-order valence-corrected chi connectivity index (χ3v) is 3.75. The number of allylic oxidation sites excluding steroid dienone is 5. The fraction of sp³-hybridized carbons (Fsp3) is 0.421. The van der Waals surface area contributed by atoms with E-state index in [1.807, 2.05) is 53.0 Å². The van der Waals surface area contributed by atoms with Gasteiger partial charge >= 0.3 is 5.97 Å². The number of carbonyl (C=O) groups excluding carboxylic acids is 1. The highest BCUT2D eigenvalue weighted by Crippen LogP contribution is 2.19. The van der Waals surface area contributed by atoms with Crippen LogP contribution in [0.5, 0.6) is 0 Å². The zero-order chi connectivity index (χ0) is 18.3. The van der Waals surface area contributed by atoms with Gasteiger partial charge in [-0.05, 0) is 46.4 Å². The predicted octanol–water partition coefficient (Wildman–Crippen LogP) is 4.85. The molecule has 0 amide bonds. The molecule has 0 bridgehead atoms. The second-order valence-electron chi connectivity index (χ2n) is 6.41. The molecule has 0 unspecified atom stereocenters. The Bertz CT molecular complexity index is 659. The summed E-state index contributed by atoms with van der Waals surface area (Å²) in [4.78, 5) is 20.7. The number of rotatable bonds is 4. The maximum Gasteiger partial charge on any atom is 0.310 e. The van der Waals surface area contributed by atoms with E-state index in [1.54, 1.807) is 24.1 Å². The Kier molecular flexibility index (Phi) is 7.42. The van der Waals surface area contributed by atoms with Gasteiger partial charge in [-0.1, -0.05) is 24.8 Å². The van der Waals surface area contributed by atoms with Crippen molar-refractivity contribution in [1.82, 2.24) is 0 Å². The highest BCUT2D eigenvalue weighted by molar-refractivity contribution is 8.13. The largest absolute Gasteiger partial charge is 0.460 e. The molecule has 0 spiro atoms. The molecule has 0 aromatic carbocycles. The van der Waals surface area contributed by atoms with E-state index in [0.717, 1.165) is 27.6 Å². The zero-order valence-corrected chi connectivity index (χ0v) is 16.2. The van der Waals surface area contributed by atoms with Crippen LogP contribution in [0, 0.1) is 0 Å². The maximum atomic E-state index is 11.7. The minimum atomic E-state index is -0.468. The van der Waals surface area contributed by atoms with Crippen molar-refractivity contribution >= 4 is 29.0 Å². The number of ether oxygens (including phenoxy) is 1. The maximum absolute atomic E-state index is 11.7. The molecule has 0 aliphatic carbocycles. The molecule has 130 valence electrons. The lowest BCUT2D eigenvalue weighted by molar-refractivity contribution is -0.153. The Morgan fingerprint density at radius 1 is 1.42 bits per heavy atom. The summed E-state index contributed by atoms with van der Waals surface area (Å²) in [6.45, 7) is 13.3. The quantitative estimate of drug-likeness (QED) is 0.540. The van der Waals surface area contributed by atoms with Gasteiger partial charge in [-0.25, -0.2) is 4.99 Å². The van der Waals surface area contributed by atoms with E-state index < -0.39 is 5.60 Å². The SMILES string of the molecule is C=C1C=CC(C=N/C(C)=C\CC(=O)OC(C)(C)C)=C(C)N=C1SC. The van der Waals surface area contributed by atoms with Gasteiger partial charge in [0.15, 0.2) is 0 Å². The van der Waals surface area contributed by atoms with Crippen LogP contribution in [-0.2, 0) is 9.53 Å². The summed E-state index contributed by atoms with van der Waals surface area (Å²) in [6, 6.07) is 0. The molecule has 0 N–H and O–H groups in total. The van der Waals surface area contributed by atoms with Crippen LogP contribution in [0.2, 0.25) is 0 Å². The molecule has 1 aliphatic rings. The summed E-state index contributed by atoms with van der Waals surface area (Å²) in [5.74, 6) is -0.257. The molecule has 0 aromatic heterocycles. The molecule has 0 atom stereocenters. The standard InChI is InChI=1S/C19H26N2O2S/c1-13-8-10-16(15(3)21-18(13)24-7)12-20-14(2)9-11-17(22)23-19(4,5)6/h8-10,12H,1,11H2,2-7H3/b14-9-,20-12?. The monoisotopic (exact) mass is 346 g/mol. The fourth-order valence-corrected chi connectivity index (χ4v) is 2.38. The first-order valence-electron chi connectivity index (χ1n) is 7.76. The van der Waals surface area contributed by atoms with Gasteiger partial charge in [0.25, 0.3) is 0 Å². The van der Waals surface area contributed by atoms with Gasteiger partial charge < -0.3 is 4.74 Å². The minimum Gasteiger partial charge on any atom is -0.460 e. The van der Waals surface area contributed by atoms with Gasteiger partial charge in [-0.2, -0.15) is 0 Å². The molecular formula is C19H26N2O2S. The lowest BCUT2D eigenvalue weighted by Gasteiger charge is -2.18. The van der Waals surface area contributed by atoms with Crippen molar-refractivity contribution in [3.63, 3.8) is 0 Å². The molecular weight excluding hydrogens is 320 g/mol. The third-order valence-electron chi connectivity index (χ3n) is 3.01. The Balaban J connectivity index is 2.79. The molecule has 0 fully saturated rings. The molecule has 0 aromatic rings. The highest BCUT2D eigenvalue weighted by Gasteiger charge is 2.15. The lowest BCUT2D eigenvalue weighted by Crippen LogP contribution is -2.23. The number of hydrogen-bond donors (Lipinski definition) is 0. The van der Waals surface area contributed by atoms with Gasteiger partial charge in [-0.3, -0.25) is 9.79 Å². The number of nitrogens with zero attached hydrogens (tertiary/aromatic N) is 2. The highest BCUT2D eigenvalue weighted by atomic mass is 32.2. The van der Waals surface area contributed by atoms with Crippen LogP contribution in [-0.4, -0.2) is 29.1 Å². The first kappa shape index (κ1) is 20.2. The summed E-state index contributed by atoms with van der Waals surface area (Å²) in [5.41, 5.74) is 2.99. The molecule has 0 saturated carbocycles. The molecule has 5 heteroatoms. The van der Waals surface area contributed by atoms with Crippen LogP contribution >= 0.6 is 11.8 Å². The first-order valence-corrected chi connectivity index (χ1v) is 8.98. The van der Waals surface area contributed by atoms with Crippen LogP contribution in [0.3, 0.4) is 0 Å². The van der Waals surface area contributed by atoms with E-state index in [1.165, 1.54) is 0 Å². The second-order valence-corrected chi connectivity index (χ2v) is 7.21. The van der Waals surface area contributed by atoms with Crippen LogP contribution in [0.15, 0.2) is 57.3 Å².